The Kier molecular flexibility index (Phi) is 3.15. The summed E-state index contributed by atoms with van der Waals surface area (Å²) in [6.07, 6.45) is 0. The van der Waals surface area contributed by atoms with Crippen LogP contribution in [0.15, 0.2) is 53.4 Å². The van der Waals surface area contributed by atoms with Crippen LogP contribution in [0.4, 0.5) is 5.69 Å². The van der Waals surface area contributed by atoms with Crippen LogP contribution in [0.3, 0.4) is 0 Å². The average Bonchev–Trinajstić information content (AvgIpc) is 2.84. The molecule has 0 radical (unpaired) electrons. The van der Waals surface area contributed by atoms with Crippen molar-refractivity contribution in [1.82, 2.24) is 0 Å². The van der Waals surface area contributed by atoms with Gasteiger partial charge >= 0.3 is 0 Å². The summed E-state index contributed by atoms with van der Waals surface area (Å²) < 4.78 is 5.46. The van der Waals surface area contributed by atoms with Crippen molar-refractivity contribution >= 4 is 17.4 Å². The van der Waals surface area contributed by atoms with Gasteiger partial charge in [0.05, 0.1) is 6.61 Å². The van der Waals surface area contributed by atoms with Gasteiger partial charge in [0.15, 0.2) is 0 Å². The monoisotopic (exact) mass is 257 g/mol. The highest BCUT2D eigenvalue weighted by Crippen LogP contribution is 2.46. The molecule has 92 valence electrons. The minimum atomic E-state index is 0.304. The van der Waals surface area contributed by atoms with E-state index in [9.17, 15) is 0 Å². The second-order valence-electron chi connectivity index (χ2n) is 4.14. The minimum absolute atomic E-state index is 0.304. The molecule has 0 amide bonds. The van der Waals surface area contributed by atoms with E-state index in [0.29, 0.717) is 12.0 Å². The predicted octanol–water partition coefficient (Wildman–Crippen LogP) is 4.30. The summed E-state index contributed by atoms with van der Waals surface area (Å²) in [4.78, 5) is 1.32. The first-order valence-electron chi connectivity index (χ1n) is 6.12. The van der Waals surface area contributed by atoms with Gasteiger partial charge in [0.2, 0.25) is 0 Å². The van der Waals surface area contributed by atoms with Gasteiger partial charge in [-0.25, -0.2) is 0 Å². The number of benzene rings is 2. The Bertz CT molecular complexity index is 513. The molecule has 2 aromatic carbocycles. The number of thioether (sulfide) groups is 1. The molecule has 0 aromatic heterocycles. The third-order valence-electron chi connectivity index (χ3n) is 2.91. The molecule has 2 aromatic rings. The molecule has 0 aliphatic carbocycles. The number of fused-ring (bicyclic) bond motifs is 1. The van der Waals surface area contributed by atoms with E-state index in [0.717, 1.165) is 5.75 Å². The van der Waals surface area contributed by atoms with Crippen molar-refractivity contribution in [2.45, 2.75) is 17.2 Å². The zero-order chi connectivity index (χ0) is 12.4. The number of hydrogen-bond donors (Lipinski definition) is 1. The SMILES string of the molecule is CCOc1ccc([C@H]2Nc3ccccc3S2)cc1. The molecule has 2 nitrogen and oxygen atoms in total. The van der Waals surface area contributed by atoms with Crippen LogP contribution in [0, 0.1) is 0 Å². The van der Waals surface area contributed by atoms with Crippen molar-refractivity contribution in [3.05, 3.63) is 54.1 Å². The molecule has 1 aliphatic rings. The molecule has 0 saturated carbocycles. The molecular formula is C15H15NOS. The summed E-state index contributed by atoms with van der Waals surface area (Å²) in [5.41, 5.74) is 2.50. The molecule has 0 fully saturated rings. The first kappa shape index (κ1) is 11.5. The van der Waals surface area contributed by atoms with Crippen molar-refractivity contribution in [2.24, 2.45) is 0 Å². The molecule has 0 bridgehead atoms. The molecule has 1 N–H and O–H groups in total. The number of para-hydroxylation sites is 1. The van der Waals surface area contributed by atoms with Gasteiger partial charge in [-0.3, -0.25) is 0 Å². The summed E-state index contributed by atoms with van der Waals surface area (Å²) in [7, 11) is 0. The normalized spacial score (nSPS) is 17.1. The number of hydrogen-bond acceptors (Lipinski definition) is 3. The number of anilines is 1. The fourth-order valence-corrected chi connectivity index (χ4v) is 3.19. The van der Waals surface area contributed by atoms with Gasteiger partial charge < -0.3 is 10.1 Å². The Morgan fingerprint density at radius 3 is 2.61 bits per heavy atom. The molecule has 0 saturated heterocycles. The second-order valence-corrected chi connectivity index (χ2v) is 5.29. The highest BCUT2D eigenvalue weighted by atomic mass is 32.2. The van der Waals surface area contributed by atoms with Crippen LogP contribution >= 0.6 is 11.8 Å². The molecule has 0 spiro atoms. The van der Waals surface area contributed by atoms with Crippen molar-refractivity contribution in [2.75, 3.05) is 11.9 Å². The van der Waals surface area contributed by atoms with Crippen molar-refractivity contribution in [1.29, 1.82) is 0 Å². The average molecular weight is 257 g/mol. The lowest BCUT2D eigenvalue weighted by Gasteiger charge is -2.11. The van der Waals surface area contributed by atoms with Crippen LogP contribution in [0.25, 0.3) is 0 Å². The summed E-state index contributed by atoms with van der Waals surface area (Å²) in [5, 5.41) is 3.83. The fraction of sp³-hybridized carbons (Fsp3) is 0.200. The molecular weight excluding hydrogens is 242 g/mol. The summed E-state index contributed by atoms with van der Waals surface area (Å²) in [5.74, 6) is 0.932. The van der Waals surface area contributed by atoms with Gasteiger partial charge in [0.1, 0.15) is 11.1 Å². The van der Waals surface area contributed by atoms with Crippen molar-refractivity contribution in [3.63, 3.8) is 0 Å². The molecule has 18 heavy (non-hydrogen) atoms. The van der Waals surface area contributed by atoms with E-state index in [4.69, 9.17) is 4.74 Å². The standard InChI is InChI=1S/C15H15NOS/c1-2-17-12-9-7-11(8-10-12)15-16-13-5-3-4-6-14(13)18-15/h3-10,15-16H,2H2,1H3/t15-/m0/s1. The number of nitrogens with one attached hydrogen (secondary N) is 1. The lowest BCUT2D eigenvalue weighted by Crippen LogP contribution is -2.01. The van der Waals surface area contributed by atoms with E-state index in [2.05, 4.69) is 41.7 Å². The first-order valence-corrected chi connectivity index (χ1v) is 7.00. The van der Waals surface area contributed by atoms with Crippen LogP contribution in [-0.4, -0.2) is 6.61 Å². The van der Waals surface area contributed by atoms with Crippen LogP contribution in [0.5, 0.6) is 5.75 Å². The fourth-order valence-electron chi connectivity index (χ4n) is 2.04. The molecule has 3 rings (SSSR count). The quantitative estimate of drug-likeness (QED) is 0.885. The molecule has 0 unspecified atom stereocenters. The van der Waals surface area contributed by atoms with Gasteiger partial charge in [-0.1, -0.05) is 36.0 Å². The Morgan fingerprint density at radius 2 is 1.89 bits per heavy atom. The maximum atomic E-state index is 5.46. The van der Waals surface area contributed by atoms with Gasteiger partial charge in [0, 0.05) is 10.6 Å². The molecule has 1 heterocycles. The first-order chi connectivity index (χ1) is 8.86. The molecule has 3 heteroatoms. The summed E-state index contributed by atoms with van der Waals surface area (Å²) in [6.45, 7) is 2.71. The zero-order valence-electron chi connectivity index (χ0n) is 10.2. The third-order valence-corrected chi connectivity index (χ3v) is 4.15. The lowest BCUT2D eigenvalue weighted by molar-refractivity contribution is 0.340. The van der Waals surface area contributed by atoms with Gasteiger partial charge in [-0.05, 0) is 36.8 Å². The van der Waals surface area contributed by atoms with E-state index in [1.807, 2.05) is 30.8 Å². The van der Waals surface area contributed by atoms with Crippen molar-refractivity contribution < 1.29 is 4.74 Å². The van der Waals surface area contributed by atoms with E-state index >= 15 is 0 Å². The van der Waals surface area contributed by atoms with Crippen LogP contribution in [0.2, 0.25) is 0 Å². The Hall–Kier alpha value is -1.61. The van der Waals surface area contributed by atoms with Gasteiger partial charge in [-0.15, -0.1) is 0 Å². The number of ether oxygens (including phenoxy) is 1. The highest BCUT2D eigenvalue weighted by molar-refractivity contribution is 8.00. The van der Waals surface area contributed by atoms with Gasteiger partial charge in [0.25, 0.3) is 0 Å². The summed E-state index contributed by atoms with van der Waals surface area (Å²) in [6, 6.07) is 16.7. The Morgan fingerprint density at radius 1 is 1.11 bits per heavy atom. The van der Waals surface area contributed by atoms with Crippen LogP contribution in [0.1, 0.15) is 17.9 Å². The topological polar surface area (TPSA) is 21.3 Å². The maximum absolute atomic E-state index is 5.46. The third kappa shape index (κ3) is 2.18. The zero-order valence-corrected chi connectivity index (χ0v) is 11.0. The van der Waals surface area contributed by atoms with Gasteiger partial charge in [-0.2, -0.15) is 0 Å². The van der Waals surface area contributed by atoms with E-state index in [1.54, 1.807) is 0 Å². The molecule has 1 atom stereocenters. The Labute approximate surface area is 111 Å². The lowest BCUT2D eigenvalue weighted by atomic mass is 10.2. The van der Waals surface area contributed by atoms with Crippen LogP contribution < -0.4 is 10.1 Å². The van der Waals surface area contributed by atoms with E-state index < -0.39 is 0 Å². The molecule has 1 aliphatic heterocycles. The maximum Gasteiger partial charge on any atom is 0.119 e. The number of rotatable bonds is 3. The largest absolute Gasteiger partial charge is 0.494 e. The smallest absolute Gasteiger partial charge is 0.119 e. The Balaban J connectivity index is 1.78. The van der Waals surface area contributed by atoms with Crippen LogP contribution in [-0.2, 0) is 0 Å². The predicted molar refractivity (Wildman–Crippen MR) is 76.3 cm³/mol. The van der Waals surface area contributed by atoms with E-state index in [1.165, 1.54) is 16.1 Å². The minimum Gasteiger partial charge on any atom is -0.494 e. The highest BCUT2D eigenvalue weighted by Gasteiger charge is 2.21. The second kappa shape index (κ2) is 4.94. The summed E-state index contributed by atoms with van der Waals surface area (Å²) >= 11 is 1.86. The van der Waals surface area contributed by atoms with Crippen molar-refractivity contribution in [3.8, 4) is 5.75 Å². The van der Waals surface area contributed by atoms with E-state index in [-0.39, 0.29) is 0 Å².